The number of benzene rings is 2. The van der Waals surface area contributed by atoms with E-state index in [-0.39, 0.29) is 12.4 Å². The Morgan fingerprint density at radius 2 is 1.86 bits per heavy atom. The molecule has 0 amide bonds. The minimum atomic E-state index is -0.238. The predicted molar refractivity (Wildman–Crippen MR) is 85.6 cm³/mol. The molecular formula is C18H19FN2. The second-order valence-electron chi connectivity index (χ2n) is 5.00. The number of aryl methyl sites for hydroxylation is 1. The summed E-state index contributed by atoms with van der Waals surface area (Å²) in [5.41, 5.74) is 8.88. The average Bonchev–Trinajstić information content (AvgIpc) is 2.48. The molecule has 0 aliphatic heterocycles. The molecule has 0 radical (unpaired) electrons. The van der Waals surface area contributed by atoms with Crippen molar-refractivity contribution in [2.75, 3.05) is 18.5 Å². The predicted octanol–water partition coefficient (Wildman–Crippen LogP) is 3.08. The minimum absolute atomic E-state index is 0.238. The quantitative estimate of drug-likeness (QED) is 0.877. The summed E-state index contributed by atoms with van der Waals surface area (Å²) in [6, 6.07) is 13.2. The van der Waals surface area contributed by atoms with Gasteiger partial charge in [-0.3, -0.25) is 0 Å². The van der Waals surface area contributed by atoms with E-state index in [2.05, 4.69) is 11.8 Å². The highest BCUT2D eigenvalue weighted by molar-refractivity contribution is 5.48. The number of hydrogen-bond acceptors (Lipinski definition) is 2. The molecule has 2 nitrogen and oxygen atoms in total. The lowest BCUT2D eigenvalue weighted by molar-refractivity contribution is 0.607. The topological polar surface area (TPSA) is 29.3 Å². The van der Waals surface area contributed by atoms with Gasteiger partial charge in [0, 0.05) is 30.4 Å². The first-order valence-corrected chi connectivity index (χ1v) is 6.85. The fraction of sp³-hybridized carbons (Fsp3) is 0.222. The highest BCUT2D eigenvalue weighted by Crippen LogP contribution is 2.18. The van der Waals surface area contributed by atoms with Crippen LogP contribution in [0.15, 0.2) is 42.5 Å². The van der Waals surface area contributed by atoms with Gasteiger partial charge in [0.25, 0.3) is 0 Å². The maximum atomic E-state index is 14.1. The van der Waals surface area contributed by atoms with E-state index < -0.39 is 0 Å². The number of halogens is 1. The average molecular weight is 282 g/mol. The Morgan fingerprint density at radius 3 is 2.48 bits per heavy atom. The fourth-order valence-corrected chi connectivity index (χ4v) is 2.05. The van der Waals surface area contributed by atoms with Gasteiger partial charge in [-0.2, -0.15) is 0 Å². The molecule has 0 saturated heterocycles. The van der Waals surface area contributed by atoms with Crippen LogP contribution in [0.1, 0.15) is 16.7 Å². The molecule has 3 heteroatoms. The zero-order valence-electron chi connectivity index (χ0n) is 12.4. The molecule has 2 N–H and O–H groups in total. The third-order valence-corrected chi connectivity index (χ3v) is 3.27. The van der Waals surface area contributed by atoms with Crippen LogP contribution in [0.2, 0.25) is 0 Å². The van der Waals surface area contributed by atoms with Crippen LogP contribution in [0.5, 0.6) is 0 Å². The molecule has 0 unspecified atom stereocenters. The van der Waals surface area contributed by atoms with Crippen molar-refractivity contribution >= 4 is 5.69 Å². The van der Waals surface area contributed by atoms with Crippen LogP contribution in [0.25, 0.3) is 0 Å². The number of hydrogen-bond donors (Lipinski definition) is 1. The maximum absolute atomic E-state index is 14.1. The Balaban J connectivity index is 2.14. The van der Waals surface area contributed by atoms with E-state index in [4.69, 9.17) is 5.73 Å². The number of rotatable bonds is 3. The van der Waals surface area contributed by atoms with Crippen molar-refractivity contribution in [3.63, 3.8) is 0 Å². The molecular weight excluding hydrogens is 263 g/mol. The number of anilines is 1. The van der Waals surface area contributed by atoms with Crippen LogP contribution in [0.3, 0.4) is 0 Å². The van der Waals surface area contributed by atoms with Crippen LogP contribution in [-0.4, -0.2) is 13.6 Å². The summed E-state index contributed by atoms with van der Waals surface area (Å²) in [6.45, 7) is 2.84. The molecule has 0 saturated carbocycles. The van der Waals surface area contributed by atoms with Crippen molar-refractivity contribution in [3.05, 3.63) is 65.0 Å². The van der Waals surface area contributed by atoms with Gasteiger partial charge in [0.2, 0.25) is 0 Å². The lowest BCUT2D eigenvalue weighted by atomic mass is 10.1. The van der Waals surface area contributed by atoms with E-state index in [0.29, 0.717) is 17.7 Å². The molecule has 0 fully saturated rings. The van der Waals surface area contributed by atoms with Crippen LogP contribution in [0, 0.1) is 24.6 Å². The van der Waals surface area contributed by atoms with Crippen LogP contribution in [-0.2, 0) is 6.54 Å². The normalized spacial score (nSPS) is 9.90. The fourth-order valence-electron chi connectivity index (χ4n) is 2.05. The molecule has 2 aromatic carbocycles. The summed E-state index contributed by atoms with van der Waals surface area (Å²) in [5.74, 6) is 5.32. The first kappa shape index (κ1) is 15.1. The van der Waals surface area contributed by atoms with Crippen molar-refractivity contribution in [2.45, 2.75) is 13.5 Å². The van der Waals surface area contributed by atoms with Gasteiger partial charge in [0.1, 0.15) is 5.82 Å². The Kier molecular flexibility index (Phi) is 4.97. The Morgan fingerprint density at radius 1 is 1.14 bits per heavy atom. The van der Waals surface area contributed by atoms with Gasteiger partial charge in [0.05, 0.1) is 6.54 Å². The maximum Gasteiger partial charge on any atom is 0.129 e. The van der Waals surface area contributed by atoms with E-state index in [9.17, 15) is 4.39 Å². The van der Waals surface area contributed by atoms with Crippen molar-refractivity contribution in [2.24, 2.45) is 5.73 Å². The first-order valence-electron chi connectivity index (χ1n) is 6.85. The Bertz CT molecular complexity index is 666. The van der Waals surface area contributed by atoms with Crippen LogP contribution in [0.4, 0.5) is 10.1 Å². The molecule has 0 aromatic heterocycles. The molecule has 0 aliphatic carbocycles. The number of nitrogens with zero attached hydrogens (tertiary/aromatic N) is 1. The Labute approximate surface area is 125 Å². The van der Waals surface area contributed by atoms with Crippen LogP contribution < -0.4 is 10.6 Å². The molecule has 0 spiro atoms. The summed E-state index contributed by atoms with van der Waals surface area (Å²) in [6.07, 6.45) is 0. The summed E-state index contributed by atoms with van der Waals surface area (Å²) < 4.78 is 14.1. The van der Waals surface area contributed by atoms with Gasteiger partial charge >= 0.3 is 0 Å². The van der Waals surface area contributed by atoms with Gasteiger partial charge in [-0.1, -0.05) is 35.6 Å². The third kappa shape index (κ3) is 4.08. The van der Waals surface area contributed by atoms with Crippen molar-refractivity contribution in [1.82, 2.24) is 0 Å². The van der Waals surface area contributed by atoms with Crippen molar-refractivity contribution in [1.29, 1.82) is 0 Å². The zero-order valence-corrected chi connectivity index (χ0v) is 12.4. The van der Waals surface area contributed by atoms with E-state index in [1.807, 2.05) is 49.2 Å². The molecule has 2 aromatic rings. The third-order valence-electron chi connectivity index (χ3n) is 3.27. The molecule has 21 heavy (non-hydrogen) atoms. The molecule has 2 rings (SSSR count). The second-order valence-corrected chi connectivity index (χ2v) is 5.00. The smallest absolute Gasteiger partial charge is 0.129 e. The summed E-state index contributed by atoms with van der Waals surface area (Å²) >= 11 is 0. The standard InChI is InChI=1S/C18H19FN2/c1-14-5-9-17(10-6-14)21(2)13-16-8-7-15(4-3-11-20)12-18(16)19/h5-10,12H,11,13,20H2,1-2H3. The van der Waals surface area contributed by atoms with Gasteiger partial charge in [-0.15, -0.1) is 0 Å². The zero-order chi connectivity index (χ0) is 15.2. The summed E-state index contributed by atoms with van der Waals surface area (Å²) in [4.78, 5) is 2.02. The van der Waals surface area contributed by atoms with Gasteiger partial charge in [-0.25, -0.2) is 4.39 Å². The minimum Gasteiger partial charge on any atom is -0.370 e. The largest absolute Gasteiger partial charge is 0.370 e. The van der Waals surface area contributed by atoms with Crippen molar-refractivity contribution < 1.29 is 4.39 Å². The highest BCUT2D eigenvalue weighted by atomic mass is 19.1. The van der Waals surface area contributed by atoms with E-state index in [0.717, 1.165) is 5.69 Å². The lowest BCUT2D eigenvalue weighted by Crippen LogP contribution is -2.17. The molecule has 0 heterocycles. The van der Waals surface area contributed by atoms with Crippen molar-refractivity contribution in [3.8, 4) is 11.8 Å². The van der Waals surface area contributed by atoms with Gasteiger partial charge < -0.3 is 10.6 Å². The molecule has 108 valence electrons. The number of nitrogens with two attached hydrogens (primary N) is 1. The van der Waals surface area contributed by atoms with Gasteiger partial charge in [0.15, 0.2) is 0 Å². The lowest BCUT2D eigenvalue weighted by Gasteiger charge is -2.20. The van der Waals surface area contributed by atoms with Crippen LogP contribution >= 0.6 is 0 Å². The molecule has 0 atom stereocenters. The molecule has 0 bridgehead atoms. The van der Waals surface area contributed by atoms with E-state index in [1.54, 1.807) is 6.07 Å². The second kappa shape index (κ2) is 6.92. The SMILES string of the molecule is Cc1ccc(N(C)Cc2ccc(C#CCN)cc2F)cc1. The van der Waals surface area contributed by atoms with E-state index >= 15 is 0 Å². The van der Waals surface area contributed by atoms with Gasteiger partial charge in [-0.05, 0) is 31.2 Å². The highest BCUT2D eigenvalue weighted by Gasteiger charge is 2.07. The first-order chi connectivity index (χ1) is 10.1. The van der Waals surface area contributed by atoms with E-state index in [1.165, 1.54) is 11.6 Å². The molecule has 0 aliphatic rings. The summed E-state index contributed by atoms with van der Waals surface area (Å²) in [7, 11) is 1.95. The Hall–Kier alpha value is -2.31. The summed E-state index contributed by atoms with van der Waals surface area (Å²) in [5, 5.41) is 0. The monoisotopic (exact) mass is 282 g/mol.